The summed E-state index contributed by atoms with van der Waals surface area (Å²) in [6.45, 7) is 1.14. The predicted octanol–water partition coefficient (Wildman–Crippen LogP) is 1.79. The number of β-amino-alcohol motifs (C(OH)–C–C–N with tert-alkyl or cyclic N) is 1. The van der Waals surface area contributed by atoms with Gasteiger partial charge in [-0.3, -0.25) is 4.79 Å². The van der Waals surface area contributed by atoms with Gasteiger partial charge in [0, 0.05) is 19.3 Å². The maximum Gasteiger partial charge on any atom is 0.228 e. The Morgan fingerprint density at radius 2 is 2.04 bits per heavy atom. The van der Waals surface area contributed by atoms with E-state index in [1.54, 1.807) is 9.58 Å². The molecule has 2 heterocycles. The number of carbonyl (C=O) groups excluding carboxylic acids is 1. The van der Waals surface area contributed by atoms with E-state index in [0.29, 0.717) is 31.8 Å². The number of amides is 1. The third kappa shape index (κ3) is 2.88. The minimum absolute atomic E-state index is 0.0555. The van der Waals surface area contributed by atoms with Crippen molar-refractivity contribution in [2.24, 2.45) is 5.92 Å². The molecule has 1 unspecified atom stereocenters. The summed E-state index contributed by atoms with van der Waals surface area (Å²) in [6.07, 6.45) is 5.07. The zero-order chi connectivity index (χ0) is 15.9. The van der Waals surface area contributed by atoms with Crippen LogP contribution in [-0.2, 0) is 11.2 Å². The van der Waals surface area contributed by atoms with Crippen molar-refractivity contribution in [1.82, 2.24) is 14.7 Å². The van der Waals surface area contributed by atoms with Crippen molar-refractivity contribution >= 4 is 5.91 Å². The van der Waals surface area contributed by atoms with E-state index < -0.39 is 5.60 Å². The Balaban J connectivity index is 1.41. The van der Waals surface area contributed by atoms with Gasteiger partial charge in [0.05, 0.1) is 23.4 Å². The number of aromatic nitrogens is 2. The summed E-state index contributed by atoms with van der Waals surface area (Å²) in [6, 6.07) is 11.7. The minimum atomic E-state index is -0.640. The molecule has 23 heavy (non-hydrogen) atoms. The van der Waals surface area contributed by atoms with E-state index in [2.05, 4.69) is 5.10 Å². The zero-order valence-electron chi connectivity index (χ0n) is 13.1. The van der Waals surface area contributed by atoms with E-state index in [9.17, 15) is 9.90 Å². The van der Waals surface area contributed by atoms with Gasteiger partial charge in [-0.15, -0.1) is 0 Å². The molecular weight excluding hydrogens is 290 g/mol. The number of rotatable bonds is 4. The average molecular weight is 311 g/mol. The van der Waals surface area contributed by atoms with Crippen molar-refractivity contribution in [3.63, 3.8) is 0 Å². The first-order valence-corrected chi connectivity index (χ1v) is 8.24. The van der Waals surface area contributed by atoms with Gasteiger partial charge in [-0.1, -0.05) is 18.2 Å². The standard InChI is InChI=1S/C18H21N3O2/c22-17(20-11-9-18(23,13-20)14-6-7-14)12-15-8-10-21(19-15)16-4-2-1-3-5-16/h1-5,8,10,14,23H,6-7,9,11-13H2. The molecule has 5 nitrogen and oxygen atoms in total. The summed E-state index contributed by atoms with van der Waals surface area (Å²) in [4.78, 5) is 14.2. The molecule has 1 aromatic carbocycles. The molecule has 1 N–H and O–H groups in total. The molecular formula is C18H21N3O2. The van der Waals surface area contributed by atoms with E-state index in [-0.39, 0.29) is 5.91 Å². The van der Waals surface area contributed by atoms with Crippen molar-refractivity contribution in [1.29, 1.82) is 0 Å². The van der Waals surface area contributed by atoms with Gasteiger partial charge < -0.3 is 10.0 Å². The molecule has 2 aromatic rings. The van der Waals surface area contributed by atoms with Crippen molar-refractivity contribution in [2.75, 3.05) is 13.1 Å². The molecule has 4 rings (SSSR count). The highest BCUT2D eigenvalue weighted by Crippen LogP contribution is 2.44. The molecule has 0 spiro atoms. The smallest absolute Gasteiger partial charge is 0.228 e. The van der Waals surface area contributed by atoms with Crippen LogP contribution >= 0.6 is 0 Å². The van der Waals surface area contributed by atoms with Crippen molar-refractivity contribution in [3.05, 3.63) is 48.3 Å². The molecule has 0 radical (unpaired) electrons. The number of benzene rings is 1. The van der Waals surface area contributed by atoms with Crippen molar-refractivity contribution < 1.29 is 9.90 Å². The lowest BCUT2D eigenvalue weighted by Crippen LogP contribution is -2.38. The van der Waals surface area contributed by atoms with E-state index in [4.69, 9.17) is 0 Å². The van der Waals surface area contributed by atoms with Crippen LogP contribution in [0.5, 0.6) is 0 Å². The Kier molecular flexibility index (Phi) is 3.45. The first kappa shape index (κ1) is 14.5. The van der Waals surface area contributed by atoms with Gasteiger partial charge in [0.2, 0.25) is 5.91 Å². The van der Waals surface area contributed by atoms with Crippen LogP contribution in [0.4, 0.5) is 0 Å². The van der Waals surface area contributed by atoms with Crippen LogP contribution in [0, 0.1) is 5.92 Å². The quantitative estimate of drug-likeness (QED) is 0.936. The maximum absolute atomic E-state index is 12.5. The number of hydrogen-bond donors (Lipinski definition) is 1. The van der Waals surface area contributed by atoms with Crippen molar-refractivity contribution in [3.8, 4) is 5.69 Å². The largest absolute Gasteiger partial charge is 0.388 e. The molecule has 1 aliphatic carbocycles. The van der Waals surface area contributed by atoms with Crippen LogP contribution in [0.3, 0.4) is 0 Å². The Hall–Kier alpha value is -2.14. The van der Waals surface area contributed by atoms with E-state index in [0.717, 1.165) is 24.2 Å². The van der Waals surface area contributed by atoms with Gasteiger partial charge >= 0.3 is 0 Å². The van der Waals surface area contributed by atoms with E-state index >= 15 is 0 Å². The summed E-state index contributed by atoms with van der Waals surface area (Å²) in [5.74, 6) is 0.456. The van der Waals surface area contributed by atoms with Gasteiger partial charge in [0.15, 0.2) is 0 Å². The molecule has 5 heteroatoms. The van der Waals surface area contributed by atoms with Gasteiger partial charge in [-0.25, -0.2) is 4.68 Å². The van der Waals surface area contributed by atoms with Gasteiger partial charge in [-0.05, 0) is 43.4 Å². The summed E-state index contributed by atoms with van der Waals surface area (Å²) in [5.41, 5.74) is 1.11. The Bertz CT molecular complexity index is 708. The first-order valence-electron chi connectivity index (χ1n) is 8.24. The number of para-hydroxylation sites is 1. The van der Waals surface area contributed by atoms with Gasteiger partial charge in [0.25, 0.3) is 0 Å². The minimum Gasteiger partial charge on any atom is -0.388 e. The number of carbonyl (C=O) groups is 1. The fourth-order valence-electron chi connectivity index (χ4n) is 3.43. The Morgan fingerprint density at radius 3 is 2.78 bits per heavy atom. The number of likely N-dealkylation sites (tertiary alicyclic amines) is 1. The van der Waals surface area contributed by atoms with Crippen LogP contribution in [0.15, 0.2) is 42.6 Å². The second-order valence-electron chi connectivity index (χ2n) is 6.71. The van der Waals surface area contributed by atoms with Crippen LogP contribution in [0.2, 0.25) is 0 Å². The Labute approximate surface area is 135 Å². The number of aliphatic hydroxyl groups is 1. The molecule has 120 valence electrons. The number of hydrogen-bond acceptors (Lipinski definition) is 3. The molecule has 1 saturated heterocycles. The molecule has 1 saturated carbocycles. The molecule has 1 amide bonds. The lowest BCUT2D eigenvalue weighted by molar-refractivity contribution is -0.130. The summed E-state index contributed by atoms with van der Waals surface area (Å²) < 4.78 is 1.78. The average Bonchev–Trinajstić information content (AvgIpc) is 3.21. The SMILES string of the molecule is O=C(Cc1ccn(-c2ccccc2)n1)N1CCC(O)(C2CC2)C1. The summed E-state index contributed by atoms with van der Waals surface area (Å²) in [5, 5.41) is 15.0. The molecule has 1 atom stereocenters. The van der Waals surface area contributed by atoms with Crippen LogP contribution < -0.4 is 0 Å². The van der Waals surface area contributed by atoms with Crippen LogP contribution in [-0.4, -0.2) is 44.4 Å². The summed E-state index contributed by atoms with van der Waals surface area (Å²) >= 11 is 0. The summed E-state index contributed by atoms with van der Waals surface area (Å²) in [7, 11) is 0. The normalized spacial score (nSPS) is 24.1. The van der Waals surface area contributed by atoms with E-state index in [1.807, 2.05) is 42.6 Å². The third-order valence-corrected chi connectivity index (χ3v) is 4.97. The van der Waals surface area contributed by atoms with E-state index in [1.165, 1.54) is 0 Å². The van der Waals surface area contributed by atoms with Crippen molar-refractivity contribution in [2.45, 2.75) is 31.3 Å². The Morgan fingerprint density at radius 1 is 1.26 bits per heavy atom. The molecule has 1 aromatic heterocycles. The fraction of sp³-hybridized carbons (Fsp3) is 0.444. The highest BCUT2D eigenvalue weighted by atomic mass is 16.3. The topological polar surface area (TPSA) is 58.4 Å². The number of nitrogens with zero attached hydrogens (tertiary/aromatic N) is 3. The first-order chi connectivity index (χ1) is 11.1. The highest BCUT2D eigenvalue weighted by molar-refractivity contribution is 5.78. The molecule has 0 bridgehead atoms. The fourth-order valence-corrected chi connectivity index (χ4v) is 3.43. The molecule has 1 aliphatic heterocycles. The second-order valence-corrected chi connectivity index (χ2v) is 6.71. The highest BCUT2D eigenvalue weighted by Gasteiger charge is 2.48. The molecule has 2 aliphatic rings. The maximum atomic E-state index is 12.5. The second kappa shape index (κ2) is 5.49. The predicted molar refractivity (Wildman–Crippen MR) is 86.1 cm³/mol. The van der Waals surface area contributed by atoms with Gasteiger partial charge in [-0.2, -0.15) is 5.10 Å². The van der Waals surface area contributed by atoms with Crippen LogP contribution in [0.1, 0.15) is 25.0 Å². The lowest BCUT2D eigenvalue weighted by atomic mass is 9.97. The zero-order valence-corrected chi connectivity index (χ0v) is 13.1. The molecule has 2 fully saturated rings. The monoisotopic (exact) mass is 311 g/mol. The van der Waals surface area contributed by atoms with Crippen LogP contribution in [0.25, 0.3) is 5.69 Å². The third-order valence-electron chi connectivity index (χ3n) is 4.97. The van der Waals surface area contributed by atoms with Gasteiger partial charge in [0.1, 0.15) is 0 Å². The lowest BCUT2D eigenvalue weighted by Gasteiger charge is -2.22.